The standard InChI is InChI=1S/C10H17N/c1-2-5-10(11)7-8-3-4-9(10)6-8/h2,8-9H,1,3-7,11H2. The molecule has 2 fully saturated rings. The van der Waals surface area contributed by atoms with Gasteiger partial charge in [-0.2, -0.15) is 0 Å². The summed E-state index contributed by atoms with van der Waals surface area (Å²) < 4.78 is 0. The first kappa shape index (κ1) is 7.35. The predicted octanol–water partition coefficient (Wildman–Crippen LogP) is 2.08. The molecule has 11 heavy (non-hydrogen) atoms. The molecule has 0 radical (unpaired) electrons. The zero-order valence-corrected chi connectivity index (χ0v) is 7.05. The molecule has 2 aliphatic carbocycles. The van der Waals surface area contributed by atoms with E-state index < -0.39 is 0 Å². The molecular formula is C10H17N. The van der Waals surface area contributed by atoms with Crippen molar-refractivity contribution in [1.29, 1.82) is 0 Å². The van der Waals surface area contributed by atoms with Crippen LogP contribution in [0.1, 0.15) is 32.1 Å². The maximum atomic E-state index is 6.28. The second kappa shape index (κ2) is 2.34. The highest BCUT2D eigenvalue weighted by molar-refractivity contribution is 5.06. The summed E-state index contributed by atoms with van der Waals surface area (Å²) in [5.41, 5.74) is 6.43. The topological polar surface area (TPSA) is 26.0 Å². The molecule has 2 rings (SSSR count). The zero-order valence-electron chi connectivity index (χ0n) is 7.05. The molecule has 2 aliphatic rings. The monoisotopic (exact) mass is 151 g/mol. The number of rotatable bonds is 2. The van der Waals surface area contributed by atoms with Crippen LogP contribution in [0.15, 0.2) is 12.7 Å². The Bertz CT molecular complexity index is 176. The summed E-state index contributed by atoms with van der Waals surface area (Å²) in [7, 11) is 0. The van der Waals surface area contributed by atoms with Crippen LogP contribution in [0.4, 0.5) is 0 Å². The predicted molar refractivity (Wildman–Crippen MR) is 47.2 cm³/mol. The van der Waals surface area contributed by atoms with Gasteiger partial charge in [0.15, 0.2) is 0 Å². The van der Waals surface area contributed by atoms with Crippen molar-refractivity contribution in [3.05, 3.63) is 12.7 Å². The van der Waals surface area contributed by atoms with Crippen molar-refractivity contribution in [2.45, 2.75) is 37.6 Å². The molecule has 0 aromatic rings. The summed E-state index contributed by atoms with van der Waals surface area (Å²) in [5, 5.41) is 0. The fraction of sp³-hybridized carbons (Fsp3) is 0.800. The Morgan fingerprint density at radius 3 is 2.82 bits per heavy atom. The van der Waals surface area contributed by atoms with E-state index in [2.05, 4.69) is 6.58 Å². The van der Waals surface area contributed by atoms with Gasteiger partial charge in [-0.05, 0) is 37.5 Å². The van der Waals surface area contributed by atoms with Gasteiger partial charge in [-0.15, -0.1) is 6.58 Å². The highest BCUT2D eigenvalue weighted by Gasteiger charge is 2.47. The van der Waals surface area contributed by atoms with Crippen molar-refractivity contribution in [1.82, 2.24) is 0 Å². The van der Waals surface area contributed by atoms with E-state index in [1.807, 2.05) is 6.08 Å². The molecule has 0 heterocycles. The van der Waals surface area contributed by atoms with Crippen LogP contribution in [0.2, 0.25) is 0 Å². The minimum absolute atomic E-state index is 0.144. The molecule has 3 atom stereocenters. The summed E-state index contributed by atoms with van der Waals surface area (Å²) in [5.74, 6) is 1.76. The first-order valence-electron chi connectivity index (χ1n) is 4.64. The van der Waals surface area contributed by atoms with Crippen LogP contribution < -0.4 is 5.73 Å². The lowest BCUT2D eigenvalue weighted by molar-refractivity contribution is 0.274. The lowest BCUT2D eigenvalue weighted by Crippen LogP contribution is -2.44. The maximum Gasteiger partial charge on any atom is 0.0220 e. The van der Waals surface area contributed by atoms with Gasteiger partial charge in [0.05, 0.1) is 0 Å². The Balaban J connectivity index is 2.10. The number of hydrogen-bond donors (Lipinski definition) is 1. The Morgan fingerprint density at radius 1 is 1.55 bits per heavy atom. The minimum Gasteiger partial charge on any atom is -0.325 e. The summed E-state index contributed by atoms with van der Waals surface area (Å²) in [6, 6.07) is 0. The molecule has 1 nitrogen and oxygen atoms in total. The van der Waals surface area contributed by atoms with Gasteiger partial charge in [-0.1, -0.05) is 12.5 Å². The van der Waals surface area contributed by atoms with Crippen LogP contribution in [-0.2, 0) is 0 Å². The van der Waals surface area contributed by atoms with Crippen LogP contribution in [0, 0.1) is 11.8 Å². The van der Waals surface area contributed by atoms with Crippen molar-refractivity contribution >= 4 is 0 Å². The highest BCUT2D eigenvalue weighted by Crippen LogP contribution is 2.50. The molecular weight excluding hydrogens is 134 g/mol. The van der Waals surface area contributed by atoms with Gasteiger partial charge >= 0.3 is 0 Å². The van der Waals surface area contributed by atoms with E-state index in [0.717, 1.165) is 18.3 Å². The van der Waals surface area contributed by atoms with E-state index >= 15 is 0 Å². The third kappa shape index (κ3) is 1.02. The Kier molecular flexibility index (Phi) is 1.57. The van der Waals surface area contributed by atoms with Crippen LogP contribution in [0.5, 0.6) is 0 Å². The Labute approximate surface area is 68.7 Å². The van der Waals surface area contributed by atoms with Gasteiger partial charge in [0.1, 0.15) is 0 Å². The number of hydrogen-bond acceptors (Lipinski definition) is 1. The molecule has 2 saturated carbocycles. The van der Waals surface area contributed by atoms with Crippen LogP contribution in [0.3, 0.4) is 0 Å². The van der Waals surface area contributed by atoms with Crippen molar-refractivity contribution in [2.24, 2.45) is 17.6 Å². The zero-order chi connectivity index (χ0) is 7.90. The fourth-order valence-electron chi connectivity index (χ4n) is 3.01. The maximum absolute atomic E-state index is 6.28. The van der Waals surface area contributed by atoms with Gasteiger partial charge in [0.25, 0.3) is 0 Å². The van der Waals surface area contributed by atoms with Gasteiger partial charge < -0.3 is 5.73 Å². The minimum atomic E-state index is 0.144. The van der Waals surface area contributed by atoms with Gasteiger partial charge in [-0.3, -0.25) is 0 Å². The average molecular weight is 151 g/mol. The van der Waals surface area contributed by atoms with E-state index in [1.165, 1.54) is 25.7 Å². The third-order valence-corrected chi connectivity index (χ3v) is 3.55. The molecule has 0 amide bonds. The average Bonchev–Trinajstić information content (AvgIpc) is 2.45. The molecule has 0 spiro atoms. The number of fused-ring (bicyclic) bond motifs is 2. The van der Waals surface area contributed by atoms with Crippen molar-refractivity contribution in [2.75, 3.05) is 0 Å². The first-order valence-corrected chi connectivity index (χ1v) is 4.64. The van der Waals surface area contributed by atoms with E-state index in [4.69, 9.17) is 5.73 Å². The second-order valence-corrected chi connectivity index (χ2v) is 4.31. The molecule has 2 bridgehead atoms. The Morgan fingerprint density at radius 2 is 2.36 bits per heavy atom. The molecule has 1 heteroatoms. The molecule has 3 unspecified atom stereocenters. The summed E-state index contributed by atoms with van der Waals surface area (Å²) in [6.45, 7) is 3.77. The van der Waals surface area contributed by atoms with Crippen LogP contribution >= 0.6 is 0 Å². The highest BCUT2D eigenvalue weighted by atomic mass is 14.8. The molecule has 0 aromatic carbocycles. The van der Waals surface area contributed by atoms with Crippen molar-refractivity contribution in [3.8, 4) is 0 Å². The summed E-state index contributed by atoms with van der Waals surface area (Å²) in [6.07, 6.45) is 8.46. The number of nitrogens with two attached hydrogens (primary N) is 1. The normalized spacial score (nSPS) is 48.1. The van der Waals surface area contributed by atoms with Crippen molar-refractivity contribution in [3.63, 3.8) is 0 Å². The van der Waals surface area contributed by atoms with Gasteiger partial charge in [0, 0.05) is 5.54 Å². The van der Waals surface area contributed by atoms with Crippen LogP contribution in [-0.4, -0.2) is 5.54 Å². The van der Waals surface area contributed by atoms with E-state index in [-0.39, 0.29) is 5.54 Å². The van der Waals surface area contributed by atoms with Crippen molar-refractivity contribution < 1.29 is 0 Å². The third-order valence-electron chi connectivity index (χ3n) is 3.55. The largest absolute Gasteiger partial charge is 0.325 e. The van der Waals surface area contributed by atoms with Crippen LogP contribution in [0.25, 0.3) is 0 Å². The first-order chi connectivity index (χ1) is 5.24. The van der Waals surface area contributed by atoms with E-state index in [0.29, 0.717) is 0 Å². The molecule has 2 N–H and O–H groups in total. The molecule has 62 valence electrons. The molecule has 0 aliphatic heterocycles. The second-order valence-electron chi connectivity index (χ2n) is 4.31. The smallest absolute Gasteiger partial charge is 0.0220 e. The van der Waals surface area contributed by atoms with E-state index in [1.54, 1.807) is 0 Å². The quantitative estimate of drug-likeness (QED) is 0.601. The lowest BCUT2D eigenvalue weighted by atomic mass is 9.79. The Hall–Kier alpha value is -0.300. The van der Waals surface area contributed by atoms with Gasteiger partial charge in [0.2, 0.25) is 0 Å². The summed E-state index contributed by atoms with van der Waals surface area (Å²) >= 11 is 0. The lowest BCUT2D eigenvalue weighted by Gasteiger charge is -2.32. The fourth-order valence-corrected chi connectivity index (χ4v) is 3.01. The summed E-state index contributed by atoms with van der Waals surface area (Å²) in [4.78, 5) is 0. The van der Waals surface area contributed by atoms with Gasteiger partial charge in [-0.25, -0.2) is 0 Å². The molecule has 0 saturated heterocycles. The van der Waals surface area contributed by atoms with E-state index in [9.17, 15) is 0 Å². The molecule has 0 aromatic heterocycles. The SMILES string of the molecule is C=CCC1(N)CC2CCC1C2.